The van der Waals surface area contributed by atoms with E-state index in [1.54, 1.807) is 6.07 Å². The zero-order valence-corrected chi connectivity index (χ0v) is 14.3. The van der Waals surface area contributed by atoms with Gasteiger partial charge in [-0.2, -0.15) is 0 Å². The molecule has 2 rings (SSSR count). The molecule has 0 bridgehead atoms. The van der Waals surface area contributed by atoms with Crippen LogP contribution in [0, 0.1) is 11.8 Å². The van der Waals surface area contributed by atoms with E-state index in [9.17, 15) is 9.59 Å². The number of hydrogen-bond acceptors (Lipinski definition) is 4. The molecule has 0 aliphatic carbocycles. The van der Waals surface area contributed by atoms with Crippen LogP contribution >= 0.6 is 0 Å². The highest BCUT2D eigenvalue weighted by molar-refractivity contribution is 5.88. The summed E-state index contributed by atoms with van der Waals surface area (Å²) >= 11 is 0. The molecule has 6 heteroatoms. The zero-order chi connectivity index (χ0) is 18.8. The fourth-order valence-electron chi connectivity index (χ4n) is 2.08. The molecule has 2 N–H and O–H groups in total. The topological polar surface area (TPSA) is 84.9 Å². The SMILES string of the molecule is COc1cc(C#CCCNC(=O)OCc2ccccc2)cc(C(=O)O)c1. The van der Waals surface area contributed by atoms with Crippen molar-refractivity contribution >= 4 is 12.1 Å². The van der Waals surface area contributed by atoms with Gasteiger partial charge in [0, 0.05) is 18.5 Å². The largest absolute Gasteiger partial charge is 0.497 e. The second-order valence-corrected chi connectivity index (χ2v) is 5.30. The van der Waals surface area contributed by atoms with E-state index in [2.05, 4.69) is 17.2 Å². The summed E-state index contributed by atoms with van der Waals surface area (Å²) in [5.41, 5.74) is 1.55. The van der Waals surface area contributed by atoms with E-state index in [0.717, 1.165) is 5.56 Å². The van der Waals surface area contributed by atoms with Gasteiger partial charge in [-0.1, -0.05) is 42.2 Å². The molecule has 134 valence electrons. The van der Waals surface area contributed by atoms with Crippen LogP contribution < -0.4 is 10.1 Å². The Morgan fingerprint density at radius 1 is 1.15 bits per heavy atom. The first-order valence-corrected chi connectivity index (χ1v) is 7.94. The van der Waals surface area contributed by atoms with Crippen molar-refractivity contribution in [2.24, 2.45) is 0 Å². The number of nitrogens with one attached hydrogen (secondary N) is 1. The highest BCUT2D eigenvalue weighted by Crippen LogP contribution is 2.16. The van der Waals surface area contributed by atoms with E-state index < -0.39 is 12.1 Å². The predicted molar refractivity (Wildman–Crippen MR) is 96.1 cm³/mol. The summed E-state index contributed by atoms with van der Waals surface area (Å²) in [6.07, 6.45) is -0.106. The maximum Gasteiger partial charge on any atom is 0.407 e. The number of carboxylic acids is 1. The summed E-state index contributed by atoms with van der Waals surface area (Å²) < 4.78 is 10.1. The lowest BCUT2D eigenvalue weighted by molar-refractivity contribution is 0.0696. The minimum Gasteiger partial charge on any atom is -0.497 e. The molecule has 0 saturated heterocycles. The Balaban J connectivity index is 1.79. The van der Waals surface area contributed by atoms with E-state index in [1.165, 1.54) is 19.2 Å². The van der Waals surface area contributed by atoms with Crippen LogP contribution in [0.1, 0.15) is 27.9 Å². The molecule has 6 nitrogen and oxygen atoms in total. The monoisotopic (exact) mass is 353 g/mol. The third kappa shape index (κ3) is 6.21. The molecular formula is C20H19NO5. The summed E-state index contributed by atoms with van der Waals surface area (Å²) in [6.45, 7) is 0.538. The van der Waals surface area contributed by atoms with Gasteiger partial charge in [0.1, 0.15) is 12.4 Å². The molecule has 1 amide bonds. The predicted octanol–water partition coefficient (Wildman–Crippen LogP) is 3.06. The van der Waals surface area contributed by atoms with E-state index in [1.807, 2.05) is 30.3 Å². The van der Waals surface area contributed by atoms with Gasteiger partial charge >= 0.3 is 12.1 Å². The number of ether oxygens (including phenoxy) is 2. The standard InChI is InChI=1S/C20H19NO5/c1-25-18-12-16(11-17(13-18)19(22)23)9-5-6-10-21-20(24)26-14-15-7-3-2-4-8-15/h2-4,7-8,11-13H,6,10,14H2,1H3,(H,21,24)(H,22,23). The Bertz CT molecular complexity index is 821. The summed E-state index contributed by atoms with van der Waals surface area (Å²) in [5.74, 6) is 5.12. The molecule has 0 aliphatic heterocycles. The summed E-state index contributed by atoms with van der Waals surface area (Å²) in [4.78, 5) is 22.7. The maximum atomic E-state index is 11.6. The van der Waals surface area contributed by atoms with Crippen molar-refractivity contribution in [2.45, 2.75) is 13.0 Å². The van der Waals surface area contributed by atoms with Crippen LogP contribution in [0.3, 0.4) is 0 Å². The second kappa shape index (κ2) is 9.74. The Morgan fingerprint density at radius 3 is 2.62 bits per heavy atom. The summed E-state index contributed by atoms with van der Waals surface area (Å²) in [5, 5.41) is 11.7. The molecule has 2 aromatic rings. The number of carbonyl (C=O) groups excluding carboxylic acids is 1. The van der Waals surface area contributed by atoms with E-state index in [-0.39, 0.29) is 12.2 Å². The van der Waals surface area contributed by atoms with Gasteiger partial charge in [0.2, 0.25) is 0 Å². The van der Waals surface area contributed by atoms with Crippen molar-refractivity contribution in [3.8, 4) is 17.6 Å². The average Bonchev–Trinajstić information content (AvgIpc) is 2.66. The molecule has 0 fully saturated rings. The van der Waals surface area contributed by atoms with E-state index >= 15 is 0 Å². The lowest BCUT2D eigenvalue weighted by atomic mass is 10.1. The maximum absolute atomic E-state index is 11.6. The van der Waals surface area contributed by atoms with Crippen LogP contribution in [0.2, 0.25) is 0 Å². The third-order valence-corrected chi connectivity index (χ3v) is 3.35. The number of methoxy groups -OCH3 is 1. The molecule has 0 atom stereocenters. The Kier molecular flexibility index (Phi) is 7.07. The number of hydrogen-bond donors (Lipinski definition) is 2. The van der Waals surface area contributed by atoms with Gasteiger partial charge in [-0.25, -0.2) is 9.59 Å². The van der Waals surface area contributed by atoms with Crippen LogP contribution in [-0.2, 0) is 11.3 Å². The smallest absolute Gasteiger partial charge is 0.407 e. The molecule has 0 heterocycles. The fourth-order valence-corrected chi connectivity index (χ4v) is 2.08. The highest BCUT2D eigenvalue weighted by atomic mass is 16.5. The van der Waals surface area contributed by atoms with Crippen LogP contribution in [0.4, 0.5) is 4.79 Å². The van der Waals surface area contributed by atoms with Crippen molar-refractivity contribution in [3.63, 3.8) is 0 Å². The first-order chi connectivity index (χ1) is 12.6. The Morgan fingerprint density at radius 2 is 1.92 bits per heavy atom. The molecular weight excluding hydrogens is 334 g/mol. The van der Waals surface area contributed by atoms with Gasteiger partial charge in [-0.3, -0.25) is 0 Å². The number of carbonyl (C=O) groups is 2. The first kappa shape index (κ1) is 18.9. The zero-order valence-electron chi connectivity index (χ0n) is 14.3. The van der Waals surface area contributed by atoms with Crippen molar-refractivity contribution in [3.05, 3.63) is 65.2 Å². The van der Waals surface area contributed by atoms with Crippen molar-refractivity contribution in [2.75, 3.05) is 13.7 Å². The minimum absolute atomic E-state index is 0.108. The number of carboxylic acid groups (broad SMARTS) is 1. The van der Waals surface area contributed by atoms with Crippen LogP contribution in [0.15, 0.2) is 48.5 Å². The quantitative estimate of drug-likeness (QED) is 0.616. The van der Waals surface area contributed by atoms with E-state index in [4.69, 9.17) is 14.6 Å². The normalized spacial score (nSPS) is 9.58. The number of benzene rings is 2. The first-order valence-electron chi connectivity index (χ1n) is 7.94. The Labute approximate surface area is 151 Å². The number of rotatable bonds is 6. The lowest BCUT2D eigenvalue weighted by Crippen LogP contribution is -2.24. The number of amides is 1. The van der Waals surface area contributed by atoms with Gasteiger partial charge in [-0.05, 0) is 23.8 Å². The van der Waals surface area contributed by atoms with E-state index in [0.29, 0.717) is 24.3 Å². The Hall–Kier alpha value is -3.46. The van der Waals surface area contributed by atoms with Crippen LogP contribution in [0.25, 0.3) is 0 Å². The fraction of sp³-hybridized carbons (Fsp3) is 0.200. The van der Waals surface area contributed by atoms with Crippen molar-refractivity contribution in [1.29, 1.82) is 0 Å². The van der Waals surface area contributed by atoms with Gasteiger partial charge in [0.25, 0.3) is 0 Å². The molecule has 0 saturated carbocycles. The highest BCUT2D eigenvalue weighted by Gasteiger charge is 2.06. The summed E-state index contributed by atoms with van der Waals surface area (Å²) in [6, 6.07) is 13.9. The van der Waals surface area contributed by atoms with Crippen molar-refractivity contribution in [1.82, 2.24) is 5.32 Å². The minimum atomic E-state index is -1.05. The van der Waals surface area contributed by atoms with Crippen LogP contribution in [0.5, 0.6) is 5.75 Å². The van der Waals surface area contributed by atoms with Gasteiger partial charge in [0.05, 0.1) is 12.7 Å². The number of alkyl carbamates (subject to hydrolysis) is 1. The molecule has 0 aromatic heterocycles. The molecule has 0 radical (unpaired) electrons. The number of aromatic carboxylic acids is 1. The molecule has 26 heavy (non-hydrogen) atoms. The molecule has 2 aromatic carbocycles. The van der Waals surface area contributed by atoms with Crippen LogP contribution in [-0.4, -0.2) is 30.8 Å². The lowest BCUT2D eigenvalue weighted by Gasteiger charge is -2.05. The molecule has 0 unspecified atom stereocenters. The van der Waals surface area contributed by atoms with Gasteiger partial charge in [0.15, 0.2) is 0 Å². The molecule has 0 spiro atoms. The van der Waals surface area contributed by atoms with Gasteiger partial charge in [-0.15, -0.1) is 0 Å². The summed E-state index contributed by atoms with van der Waals surface area (Å²) in [7, 11) is 1.46. The second-order valence-electron chi connectivity index (χ2n) is 5.30. The third-order valence-electron chi connectivity index (χ3n) is 3.35. The van der Waals surface area contributed by atoms with Gasteiger partial charge < -0.3 is 19.9 Å². The molecule has 0 aliphatic rings. The average molecular weight is 353 g/mol. The van der Waals surface area contributed by atoms with Crippen molar-refractivity contribution < 1.29 is 24.2 Å².